The Morgan fingerprint density at radius 2 is 2.00 bits per heavy atom. The summed E-state index contributed by atoms with van der Waals surface area (Å²) in [6, 6.07) is 6.93. The lowest BCUT2D eigenvalue weighted by Crippen LogP contribution is -2.62. The molecule has 0 spiro atoms. The normalized spacial score (nSPS) is 24.5. The van der Waals surface area contributed by atoms with Crippen LogP contribution in [0.4, 0.5) is 10.2 Å². The summed E-state index contributed by atoms with van der Waals surface area (Å²) >= 11 is 0. The van der Waals surface area contributed by atoms with E-state index >= 15 is 4.39 Å². The van der Waals surface area contributed by atoms with E-state index in [9.17, 15) is 9.90 Å². The summed E-state index contributed by atoms with van der Waals surface area (Å²) in [7, 11) is 0. The van der Waals surface area contributed by atoms with Crippen molar-refractivity contribution in [1.82, 2.24) is 20.3 Å². The second-order valence-electron chi connectivity index (χ2n) is 11.1. The molecule has 3 aromatic heterocycles. The SMILES string of the molecule is CC(O)(CC12CCC(NCc3ccc4c(n3)NC(=O)CO4)(CC1)CO2)c1c(F)cnc2ccc(OCCO)nc12.Cl. The van der Waals surface area contributed by atoms with Crippen LogP contribution in [0.15, 0.2) is 30.5 Å². The molecular weight excluding hydrogens is 557 g/mol. The van der Waals surface area contributed by atoms with Crippen molar-refractivity contribution in [1.29, 1.82) is 0 Å². The molecule has 2 saturated heterocycles. The number of anilines is 1. The number of amides is 1. The lowest BCUT2D eigenvalue weighted by atomic mass is 9.67. The van der Waals surface area contributed by atoms with Gasteiger partial charge >= 0.3 is 0 Å². The number of rotatable bonds is 9. The summed E-state index contributed by atoms with van der Waals surface area (Å²) in [5, 5.41) is 27.1. The Kier molecular flexibility index (Phi) is 8.05. The Morgan fingerprint density at radius 3 is 2.73 bits per heavy atom. The molecule has 220 valence electrons. The summed E-state index contributed by atoms with van der Waals surface area (Å²) in [5.74, 6) is 0.321. The summed E-state index contributed by atoms with van der Waals surface area (Å²) < 4.78 is 32.4. The fourth-order valence-electron chi connectivity index (χ4n) is 6.09. The van der Waals surface area contributed by atoms with Crippen molar-refractivity contribution in [3.05, 3.63) is 47.5 Å². The quantitative estimate of drug-likeness (QED) is 0.294. The van der Waals surface area contributed by atoms with Gasteiger partial charge in [-0.05, 0) is 50.8 Å². The minimum absolute atomic E-state index is 0. The predicted octanol–water partition coefficient (Wildman–Crippen LogP) is 2.76. The first kappa shape index (κ1) is 29.3. The van der Waals surface area contributed by atoms with E-state index in [1.165, 1.54) is 0 Å². The number of carbonyl (C=O) groups excluding carboxylic acids is 1. The molecule has 7 rings (SSSR count). The van der Waals surface area contributed by atoms with Gasteiger partial charge in [0.25, 0.3) is 5.91 Å². The van der Waals surface area contributed by atoms with Crippen molar-refractivity contribution in [3.63, 3.8) is 0 Å². The number of pyridine rings is 3. The van der Waals surface area contributed by atoms with Crippen LogP contribution >= 0.6 is 12.4 Å². The highest BCUT2D eigenvalue weighted by molar-refractivity contribution is 5.94. The van der Waals surface area contributed by atoms with Gasteiger partial charge < -0.3 is 35.1 Å². The number of ether oxygens (including phenoxy) is 3. The van der Waals surface area contributed by atoms with E-state index in [1.54, 1.807) is 25.1 Å². The van der Waals surface area contributed by atoms with Crippen LogP contribution in [0.1, 0.15) is 50.3 Å². The molecule has 13 heteroatoms. The highest BCUT2D eigenvalue weighted by Gasteiger charge is 2.52. The molecular formula is C28H33ClFN5O6. The number of carbonyl (C=O) groups is 1. The minimum atomic E-state index is -1.59. The Labute approximate surface area is 242 Å². The van der Waals surface area contributed by atoms with E-state index in [0.29, 0.717) is 43.1 Å². The number of nitrogens with zero attached hydrogens (tertiary/aromatic N) is 3. The van der Waals surface area contributed by atoms with E-state index in [1.807, 2.05) is 6.07 Å². The molecule has 4 aliphatic rings. The molecule has 3 fully saturated rings. The number of hydrogen-bond donors (Lipinski definition) is 4. The van der Waals surface area contributed by atoms with E-state index in [2.05, 4.69) is 25.6 Å². The zero-order chi connectivity index (χ0) is 28.0. The van der Waals surface area contributed by atoms with Crippen LogP contribution in [0, 0.1) is 5.82 Å². The van der Waals surface area contributed by atoms with Crippen LogP contribution < -0.4 is 20.1 Å². The Morgan fingerprint density at radius 1 is 1.20 bits per heavy atom. The largest absolute Gasteiger partial charge is 0.480 e. The molecule has 6 heterocycles. The fourth-order valence-corrected chi connectivity index (χ4v) is 6.09. The van der Waals surface area contributed by atoms with Crippen molar-refractivity contribution in [2.24, 2.45) is 0 Å². The van der Waals surface area contributed by atoms with Gasteiger partial charge in [-0.1, -0.05) is 0 Å². The molecule has 4 N–H and O–H groups in total. The van der Waals surface area contributed by atoms with Gasteiger partial charge in [-0.2, -0.15) is 0 Å². The van der Waals surface area contributed by atoms with Crippen LogP contribution in [-0.4, -0.2) is 68.6 Å². The third kappa shape index (κ3) is 5.80. The number of aromatic nitrogens is 3. The molecule has 0 aromatic carbocycles. The minimum Gasteiger partial charge on any atom is -0.480 e. The maximum absolute atomic E-state index is 15.2. The number of nitrogens with one attached hydrogen (secondary N) is 2. The van der Waals surface area contributed by atoms with Gasteiger partial charge in [-0.15, -0.1) is 12.4 Å². The predicted molar refractivity (Wildman–Crippen MR) is 149 cm³/mol. The maximum Gasteiger partial charge on any atom is 0.263 e. The first-order valence-corrected chi connectivity index (χ1v) is 13.4. The van der Waals surface area contributed by atoms with Crippen molar-refractivity contribution >= 4 is 35.2 Å². The zero-order valence-electron chi connectivity index (χ0n) is 22.6. The zero-order valence-corrected chi connectivity index (χ0v) is 23.4. The Balaban J connectivity index is 0.00000337. The van der Waals surface area contributed by atoms with Crippen molar-refractivity contribution in [2.75, 3.05) is 31.7 Å². The van der Waals surface area contributed by atoms with Crippen molar-refractivity contribution < 1.29 is 33.6 Å². The third-order valence-corrected chi connectivity index (χ3v) is 8.14. The molecule has 1 saturated carbocycles. The molecule has 1 unspecified atom stereocenters. The van der Waals surface area contributed by atoms with Crippen LogP contribution in [-0.2, 0) is 21.7 Å². The van der Waals surface area contributed by atoms with Gasteiger partial charge in [0.05, 0.1) is 41.8 Å². The molecule has 41 heavy (non-hydrogen) atoms. The van der Waals surface area contributed by atoms with Crippen LogP contribution in [0.3, 0.4) is 0 Å². The smallest absolute Gasteiger partial charge is 0.263 e. The average molecular weight is 590 g/mol. The van der Waals surface area contributed by atoms with Gasteiger partial charge in [0.15, 0.2) is 18.2 Å². The van der Waals surface area contributed by atoms with Crippen LogP contribution in [0.25, 0.3) is 11.0 Å². The van der Waals surface area contributed by atoms with Gasteiger partial charge in [-0.25, -0.2) is 14.4 Å². The number of halogens is 2. The first-order valence-electron chi connectivity index (χ1n) is 13.4. The molecule has 3 aromatic rings. The second-order valence-corrected chi connectivity index (χ2v) is 11.1. The highest BCUT2D eigenvalue weighted by atomic mass is 35.5. The van der Waals surface area contributed by atoms with E-state index < -0.39 is 17.0 Å². The topological polar surface area (TPSA) is 148 Å². The van der Waals surface area contributed by atoms with Gasteiger partial charge in [-0.3, -0.25) is 9.78 Å². The monoisotopic (exact) mass is 589 g/mol. The maximum atomic E-state index is 15.2. The van der Waals surface area contributed by atoms with Gasteiger partial charge in [0.2, 0.25) is 5.88 Å². The van der Waals surface area contributed by atoms with Crippen molar-refractivity contribution in [2.45, 2.75) is 62.3 Å². The summed E-state index contributed by atoms with van der Waals surface area (Å²) in [6.07, 6.45) is 4.34. The Hall–Kier alpha value is -3.16. The molecule has 1 amide bonds. The van der Waals surface area contributed by atoms with E-state index in [-0.39, 0.29) is 67.1 Å². The molecule has 0 radical (unpaired) electrons. The average Bonchev–Trinajstić information content (AvgIpc) is 2.95. The molecule has 3 aliphatic heterocycles. The molecule has 1 aliphatic carbocycles. The summed E-state index contributed by atoms with van der Waals surface area (Å²) in [6.45, 7) is 2.39. The van der Waals surface area contributed by atoms with Gasteiger partial charge in [0.1, 0.15) is 17.9 Å². The van der Waals surface area contributed by atoms with E-state index in [4.69, 9.17) is 19.3 Å². The number of fused-ring (bicyclic) bond motifs is 5. The second kappa shape index (κ2) is 11.3. The first-order chi connectivity index (χ1) is 19.2. The van der Waals surface area contributed by atoms with Gasteiger partial charge in [0, 0.05) is 30.1 Å². The number of hydrogen-bond acceptors (Lipinski definition) is 10. The molecule has 2 bridgehead atoms. The van der Waals surface area contributed by atoms with Crippen molar-refractivity contribution in [3.8, 4) is 11.6 Å². The summed E-state index contributed by atoms with van der Waals surface area (Å²) in [4.78, 5) is 24.7. The molecule has 1 atom stereocenters. The van der Waals surface area contributed by atoms with E-state index in [0.717, 1.165) is 24.7 Å². The fraction of sp³-hybridized carbons (Fsp3) is 0.500. The lowest BCUT2D eigenvalue weighted by Gasteiger charge is -2.55. The highest BCUT2D eigenvalue weighted by Crippen LogP contribution is 2.49. The standard InChI is InChI=1S/C28H32FN5O6.ClH/c1-26(37,23-18(29)13-30-19-3-5-22(34-24(19)23)38-11-10-35)15-28-8-6-27(7-9-28,16-40-28)31-12-17-2-4-20-25(32-17)33-21(36)14-39-20;/h2-5,13,31,35,37H,6-12,14-16H2,1H3,(H,32,33,36);1H. The number of aliphatic hydroxyl groups is 2. The Bertz CT molecular complexity index is 1430. The number of aliphatic hydroxyl groups excluding tert-OH is 1. The lowest BCUT2D eigenvalue weighted by molar-refractivity contribution is -0.189. The van der Waals surface area contributed by atoms with Crippen LogP contribution in [0.2, 0.25) is 0 Å². The third-order valence-electron chi connectivity index (χ3n) is 8.14. The summed E-state index contributed by atoms with van der Waals surface area (Å²) in [5.41, 5.74) is -0.939. The molecule has 11 nitrogen and oxygen atoms in total. The van der Waals surface area contributed by atoms with Crippen LogP contribution in [0.5, 0.6) is 11.6 Å².